The minimum absolute atomic E-state index is 0.0743. The van der Waals surface area contributed by atoms with Crippen LogP contribution in [0.15, 0.2) is 18.3 Å². The lowest BCUT2D eigenvalue weighted by Crippen LogP contribution is -2.45. The lowest BCUT2D eigenvalue weighted by Gasteiger charge is -2.29. The van der Waals surface area contributed by atoms with E-state index in [2.05, 4.69) is 15.2 Å². The van der Waals surface area contributed by atoms with Crippen molar-refractivity contribution in [3.8, 4) is 5.88 Å². The molecule has 0 bridgehead atoms. The van der Waals surface area contributed by atoms with Gasteiger partial charge in [-0.3, -0.25) is 0 Å². The molecule has 0 radical (unpaired) electrons. The van der Waals surface area contributed by atoms with Crippen molar-refractivity contribution in [1.29, 1.82) is 0 Å². The lowest BCUT2D eigenvalue weighted by molar-refractivity contribution is 0.172. The molecule has 1 atom stereocenters. The van der Waals surface area contributed by atoms with E-state index in [1.165, 1.54) is 32.1 Å². The molecule has 1 unspecified atom stereocenters. The maximum absolute atomic E-state index is 12.5. The van der Waals surface area contributed by atoms with Crippen LogP contribution in [0.2, 0.25) is 0 Å². The number of amides is 2. The van der Waals surface area contributed by atoms with Crippen molar-refractivity contribution in [2.45, 2.75) is 51.1 Å². The number of hydrogen-bond donors (Lipinski definition) is 1. The highest BCUT2D eigenvalue weighted by atomic mass is 16.5. The summed E-state index contributed by atoms with van der Waals surface area (Å²) in [6, 6.07) is 4.28. The summed E-state index contributed by atoms with van der Waals surface area (Å²) < 4.78 is 5.04. The molecule has 1 aliphatic heterocycles. The predicted octanol–water partition coefficient (Wildman–Crippen LogP) is 2.95. The van der Waals surface area contributed by atoms with Gasteiger partial charge in [0.2, 0.25) is 5.88 Å². The van der Waals surface area contributed by atoms with Crippen molar-refractivity contribution in [3.63, 3.8) is 0 Å². The molecule has 0 aromatic carbocycles. The van der Waals surface area contributed by atoms with Gasteiger partial charge in [-0.25, -0.2) is 9.78 Å². The number of likely N-dealkylation sites (tertiary alicyclic amines) is 1. The maximum atomic E-state index is 12.5. The molecule has 1 saturated carbocycles. The van der Waals surface area contributed by atoms with E-state index in [9.17, 15) is 4.79 Å². The van der Waals surface area contributed by atoms with E-state index >= 15 is 0 Å². The topological polar surface area (TPSA) is 54.5 Å². The molecule has 1 saturated heterocycles. The molecule has 2 heterocycles. The smallest absolute Gasteiger partial charge is 0.317 e. The van der Waals surface area contributed by atoms with Crippen molar-refractivity contribution in [2.24, 2.45) is 5.92 Å². The summed E-state index contributed by atoms with van der Waals surface area (Å²) in [7, 11) is 1.60. The van der Waals surface area contributed by atoms with E-state index in [1.54, 1.807) is 13.3 Å². The summed E-state index contributed by atoms with van der Waals surface area (Å²) in [6.07, 6.45) is 9.29. The Bertz CT molecular complexity index is 497. The van der Waals surface area contributed by atoms with Crippen LogP contribution in [0.1, 0.15) is 44.1 Å². The summed E-state index contributed by atoms with van der Waals surface area (Å²) in [5, 5.41) is 3.04. The van der Waals surface area contributed by atoms with Crippen LogP contribution in [0.25, 0.3) is 0 Å². The van der Waals surface area contributed by atoms with Gasteiger partial charge in [0.1, 0.15) is 0 Å². The monoisotopic (exact) mass is 303 g/mol. The van der Waals surface area contributed by atoms with Crippen LogP contribution in [0.5, 0.6) is 5.88 Å². The van der Waals surface area contributed by atoms with Crippen LogP contribution < -0.4 is 10.1 Å². The van der Waals surface area contributed by atoms with Gasteiger partial charge < -0.3 is 15.0 Å². The SMILES string of the molecule is COc1ccc(CNC(=O)N2CCCC2C2CCCC2)cn1. The van der Waals surface area contributed by atoms with Crippen LogP contribution in [-0.2, 0) is 6.54 Å². The molecule has 1 aromatic rings. The number of rotatable bonds is 4. The number of carbonyl (C=O) groups excluding carboxylic acids is 1. The third kappa shape index (κ3) is 3.34. The Kier molecular flexibility index (Phi) is 4.80. The maximum Gasteiger partial charge on any atom is 0.317 e. The fourth-order valence-corrected chi connectivity index (χ4v) is 3.79. The van der Waals surface area contributed by atoms with Gasteiger partial charge in [-0.2, -0.15) is 0 Å². The molecular weight excluding hydrogens is 278 g/mol. The van der Waals surface area contributed by atoms with Crippen molar-refractivity contribution in [3.05, 3.63) is 23.9 Å². The van der Waals surface area contributed by atoms with Crippen LogP contribution in [-0.4, -0.2) is 35.6 Å². The van der Waals surface area contributed by atoms with E-state index in [0.29, 0.717) is 18.5 Å². The van der Waals surface area contributed by atoms with Crippen LogP contribution >= 0.6 is 0 Å². The second-order valence-electron chi connectivity index (χ2n) is 6.32. The van der Waals surface area contributed by atoms with Gasteiger partial charge in [-0.15, -0.1) is 0 Å². The number of nitrogens with zero attached hydrogens (tertiary/aromatic N) is 2. The Morgan fingerprint density at radius 3 is 2.82 bits per heavy atom. The first-order valence-corrected chi connectivity index (χ1v) is 8.31. The second-order valence-corrected chi connectivity index (χ2v) is 6.32. The van der Waals surface area contributed by atoms with Gasteiger partial charge in [0.15, 0.2) is 0 Å². The highest BCUT2D eigenvalue weighted by Crippen LogP contribution is 2.35. The molecule has 0 spiro atoms. The number of ether oxygens (including phenoxy) is 1. The molecule has 1 aromatic heterocycles. The number of aromatic nitrogens is 1. The van der Waals surface area contributed by atoms with Crippen LogP contribution in [0.3, 0.4) is 0 Å². The minimum atomic E-state index is 0.0743. The van der Waals surface area contributed by atoms with E-state index in [4.69, 9.17) is 4.74 Å². The van der Waals surface area contributed by atoms with Gasteiger partial charge in [-0.1, -0.05) is 18.9 Å². The van der Waals surface area contributed by atoms with E-state index in [0.717, 1.165) is 24.4 Å². The number of nitrogens with one attached hydrogen (secondary N) is 1. The molecule has 1 N–H and O–H groups in total. The Labute approximate surface area is 132 Å². The zero-order valence-corrected chi connectivity index (χ0v) is 13.3. The Morgan fingerprint density at radius 1 is 1.32 bits per heavy atom. The predicted molar refractivity (Wildman–Crippen MR) is 84.7 cm³/mol. The number of hydrogen-bond acceptors (Lipinski definition) is 3. The molecule has 5 heteroatoms. The molecule has 2 aliphatic rings. The first-order chi connectivity index (χ1) is 10.8. The molecule has 2 fully saturated rings. The Hall–Kier alpha value is -1.78. The largest absolute Gasteiger partial charge is 0.481 e. The summed E-state index contributed by atoms with van der Waals surface area (Å²) in [5.74, 6) is 1.31. The molecule has 120 valence electrons. The normalized spacial score (nSPS) is 22.0. The summed E-state index contributed by atoms with van der Waals surface area (Å²) >= 11 is 0. The quantitative estimate of drug-likeness (QED) is 0.930. The van der Waals surface area contributed by atoms with Crippen LogP contribution in [0.4, 0.5) is 4.79 Å². The molecule has 3 rings (SSSR count). The average Bonchev–Trinajstić information content (AvgIpc) is 3.23. The van der Waals surface area contributed by atoms with Crippen molar-refractivity contribution in [1.82, 2.24) is 15.2 Å². The van der Waals surface area contributed by atoms with Crippen molar-refractivity contribution >= 4 is 6.03 Å². The van der Waals surface area contributed by atoms with Crippen molar-refractivity contribution in [2.75, 3.05) is 13.7 Å². The number of pyridine rings is 1. The fraction of sp³-hybridized carbons (Fsp3) is 0.647. The van der Waals surface area contributed by atoms with Gasteiger partial charge in [0, 0.05) is 31.4 Å². The zero-order chi connectivity index (χ0) is 15.4. The van der Waals surface area contributed by atoms with Crippen LogP contribution in [0, 0.1) is 5.92 Å². The second kappa shape index (κ2) is 6.99. The summed E-state index contributed by atoms with van der Waals surface area (Å²) in [4.78, 5) is 18.7. The number of methoxy groups -OCH3 is 1. The summed E-state index contributed by atoms with van der Waals surface area (Å²) in [6.45, 7) is 1.41. The highest BCUT2D eigenvalue weighted by molar-refractivity contribution is 5.74. The molecule has 1 aliphatic carbocycles. The zero-order valence-electron chi connectivity index (χ0n) is 13.3. The molecular formula is C17H25N3O2. The van der Waals surface area contributed by atoms with Gasteiger partial charge in [0.25, 0.3) is 0 Å². The molecule has 22 heavy (non-hydrogen) atoms. The number of carbonyl (C=O) groups is 1. The highest BCUT2D eigenvalue weighted by Gasteiger charge is 2.35. The standard InChI is InChI=1S/C17H25N3O2/c1-22-16-9-8-13(11-18-16)12-19-17(21)20-10-4-7-15(20)14-5-2-3-6-14/h8-9,11,14-15H,2-7,10,12H2,1H3,(H,19,21). The van der Waals surface area contributed by atoms with Crippen molar-refractivity contribution < 1.29 is 9.53 Å². The van der Waals surface area contributed by atoms with E-state index < -0.39 is 0 Å². The average molecular weight is 303 g/mol. The Balaban J connectivity index is 1.54. The Morgan fingerprint density at radius 2 is 2.14 bits per heavy atom. The third-order valence-corrected chi connectivity index (χ3v) is 4.95. The first-order valence-electron chi connectivity index (χ1n) is 8.31. The fourth-order valence-electron chi connectivity index (χ4n) is 3.79. The van der Waals surface area contributed by atoms with Gasteiger partial charge in [0.05, 0.1) is 7.11 Å². The summed E-state index contributed by atoms with van der Waals surface area (Å²) in [5.41, 5.74) is 0.991. The minimum Gasteiger partial charge on any atom is -0.481 e. The van der Waals surface area contributed by atoms with Gasteiger partial charge >= 0.3 is 6.03 Å². The molecule has 2 amide bonds. The van der Waals surface area contributed by atoms with E-state index in [-0.39, 0.29) is 6.03 Å². The third-order valence-electron chi connectivity index (χ3n) is 4.95. The van der Waals surface area contributed by atoms with Gasteiger partial charge in [-0.05, 0) is 37.2 Å². The number of urea groups is 1. The first kappa shape index (κ1) is 15.1. The van der Waals surface area contributed by atoms with E-state index in [1.807, 2.05) is 12.1 Å². The molecule has 5 nitrogen and oxygen atoms in total. The lowest BCUT2D eigenvalue weighted by atomic mass is 9.96.